The average Bonchev–Trinajstić information content (AvgIpc) is 2.92. The normalized spacial score (nSPS) is 11.6. The van der Waals surface area contributed by atoms with Crippen LogP contribution in [-0.2, 0) is 6.54 Å². The molecule has 0 radical (unpaired) electrons. The Bertz CT molecular complexity index is 1190. The number of rotatable bonds is 20. The number of hydrogen-bond donors (Lipinski definition) is 0. The minimum Gasteiger partial charge on any atom is -0.485 e. The Morgan fingerprint density at radius 2 is 1.57 bits per heavy atom. The maximum Gasteiger partial charge on any atom is 0.297 e. The molecule has 0 amide bonds. The summed E-state index contributed by atoms with van der Waals surface area (Å²) in [5.74, 6) is 0.583. The third-order valence-electron chi connectivity index (χ3n) is 7.10. The summed E-state index contributed by atoms with van der Waals surface area (Å²) < 4.78 is 14.0. The second kappa shape index (κ2) is 18.3. The van der Waals surface area contributed by atoms with E-state index in [1.165, 1.54) is 42.5 Å². The summed E-state index contributed by atoms with van der Waals surface area (Å²) in [6, 6.07) is 4.65. The van der Waals surface area contributed by atoms with Crippen LogP contribution in [0.4, 0.5) is 5.69 Å². The first kappa shape index (κ1) is 33.1. The number of fused-ring (bicyclic) bond motifs is 1. The summed E-state index contributed by atoms with van der Waals surface area (Å²) >= 11 is 0. The first-order valence-corrected chi connectivity index (χ1v) is 15.2. The van der Waals surface area contributed by atoms with Crippen molar-refractivity contribution in [1.82, 2.24) is 4.57 Å². The van der Waals surface area contributed by atoms with E-state index in [-0.39, 0.29) is 17.0 Å². The lowest BCUT2D eigenvalue weighted by Gasteiger charge is -2.18. The Morgan fingerprint density at radius 1 is 0.900 bits per heavy atom. The van der Waals surface area contributed by atoms with Gasteiger partial charge in [-0.2, -0.15) is 0 Å². The molecule has 0 saturated heterocycles. The van der Waals surface area contributed by atoms with Crippen molar-refractivity contribution in [2.24, 2.45) is 0 Å². The van der Waals surface area contributed by atoms with E-state index in [0.29, 0.717) is 36.4 Å². The SMILES string of the molecule is CCCCCCCCOc1c(OCC=C(C)CCC=C(C)C)c2ccc([N+](=O)[O-])cc2n(CCCCCC)c1=O. The van der Waals surface area contributed by atoms with E-state index in [1.54, 1.807) is 10.6 Å². The highest BCUT2D eigenvalue weighted by Crippen LogP contribution is 2.35. The van der Waals surface area contributed by atoms with Crippen LogP contribution < -0.4 is 15.0 Å². The fourth-order valence-corrected chi connectivity index (χ4v) is 4.70. The van der Waals surface area contributed by atoms with Gasteiger partial charge in [0.15, 0.2) is 5.75 Å². The van der Waals surface area contributed by atoms with Gasteiger partial charge < -0.3 is 14.0 Å². The molecular weight excluding hydrogens is 504 g/mol. The number of hydrogen-bond acceptors (Lipinski definition) is 5. The summed E-state index contributed by atoms with van der Waals surface area (Å²) in [7, 11) is 0. The largest absolute Gasteiger partial charge is 0.485 e. The average molecular weight is 555 g/mol. The predicted octanol–water partition coefficient (Wildman–Crippen LogP) is 9.30. The van der Waals surface area contributed by atoms with Crippen LogP contribution in [0, 0.1) is 10.1 Å². The molecule has 0 aliphatic heterocycles. The minimum absolute atomic E-state index is 0.0454. The predicted molar refractivity (Wildman–Crippen MR) is 166 cm³/mol. The van der Waals surface area contributed by atoms with Crippen molar-refractivity contribution >= 4 is 16.6 Å². The molecule has 0 bridgehead atoms. The zero-order valence-corrected chi connectivity index (χ0v) is 25.4. The molecule has 0 atom stereocenters. The van der Waals surface area contributed by atoms with Crippen LogP contribution in [0.3, 0.4) is 0 Å². The number of unbranched alkanes of at least 4 members (excludes halogenated alkanes) is 8. The van der Waals surface area contributed by atoms with Gasteiger partial charge in [-0.25, -0.2) is 0 Å². The topological polar surface area (TPSA) is 83.6 Å². The van der Waals surface area contributed by atoms with Crippen LogP contribution in [0.2, 0.25) is 0 Å². The quantitative estimate of drug-likeness (QED) is 0.0705. The van der Waals surface area contributed by atoms with E-state index in [2.05, 4.69) is 40.7 Å². The fourth-order valence-electron chi connectivity index (χ4n) is 4.70. The van der Waals surface area contributed by atoms with Gasteiger partial charge in [0.2, 0.25) is 5.75 Å². The molecule has 7 heteroatoms. The summed E-state index contributed by atoms with van der Waals surface area (Å²) in [5.41, 5.74) is 2.69. The Hall–Kier alpha value is -3.09. The molecule has 0 aliphatic carbocycles. The van der Waals surface area contributed by atoms with Crippen molar-refractivity contribution in [3.63, 3.8) is 0 Å². The maximum atomic E-state index is 13.8. The summed E-state index contributed by atoms with van der Waals surface area (Å²) in [5, 5.41) is 12.2. The van der Waals surface area contributed by atoms with Crippen LogP contribution >= 0.6 is 0 Å². The fraction of sp³-hybridized carbons (Fsp3) is 0.606. The molecule has 1 aromatic carbocycles. The Morgan fingerprint density at radius 3 is 2.25 bits per heavy atom. The Labute approximate surface area is 240 Å². The lowest BCUT2D eigenvalue weighted by atomic mass is 10.1. The number of nitro groups is 1. The van der Waals surface area contributed by atoms with Gasteiger partial charge in [0.05, 0.1) is 17.0 Å². The van der Waals surface area contributed by atoms with Crippen molar-refractivity contribution in [2.75, 3.05) is 13.2 Å². The third-order valence-corrected chi connectivity index (χ3v) is 7.10. The highest BCUT2D eigenvalue weighted by molar-refractivity contribution is 5.89. The lowest BCUT2D eigenvalue weighted by Crippen LogP contribution is -2.24. The van der Waals surface area contributed by atoms with E-state index in [1.807, 2.05) is 6.08 Å². The highest BCUT2D eigenvalue weighted by atomic mass is 16.6. The molecule has 0 fully saturated rings. The van der Waals surface area contributed by atoms with E-state index < -0.39 is 4.92 Å². The van der Waals surface area contributed by atoms with Gasteiger partial charge >= 0.3 is 0 Å². The number of allylic oxidation sites excluding steroid dienone is 3. The molecule has 0 aliphatic rings. The van der Waals surface area contributed by atoms with Crippen molar-refractivity contribution in [2.45, 2.75) is 118 Å². The van der Waals surface area contributed by atoms with Crippen molar-refractivity contribution in [1.29, 1.82) is 0 Å². The van der Waals surface area contributed by atoms with Gasteiger partial charge in [0.25, 0.3) is 11.2 Å². The number of ether oxygens (including phenoxy) is 2. The Kier molecular flexibility index (Phi) is 15.1. The van der Waals surface area contributed by atoms with Crippen molar-refractivity contribution in [3.8, 4) is 11.5 Å². The molecular formula is C33H50N2O5. The van der Waals surface area contributed by atoms with Gasteiger partial charge in [-0.15, -0.1) is 0 Å². The maximum absolute atomic E-state index is 13.8. The summed E-state index contributed by atoms with van der Waals surface area (Å²) in [4.78, 5) is 25.0. The van der Waals surface area contributed by atoms with Gasteiger partial charge in [0, 0.05) is 24.1 Å². The standard InChI is InChI=1S/C33H50N2O5/c1-6-8-10-12-13-15-23-39-32-31(40-24-21-27(5)18-16-17-26(3)4)29-20-19-28(35(37)38)25-30(29)34(33(32)36)22-14-11-9-7-2/h17,19-21,25H,6-16,18,22-24H2,1-5H3. The second-order valence-electron chi connectivity index (χ2n) is 10.9. The highest BCUT2D eigenvalue weighted by Gasteiger charge is 2.22. The number of aryl methyl sites for hydroxylation is 1. The number of benzene rings is 1. The molecule has 0 unspecified atom stereocenters. The zero-order valence-electron chi connectivity index (χ0n) is 25.4. The van der Waals surface area contributed by atoms with Gasteiger partial charge in [-0.3, -0.25) is 14.9 Å². The molecule has 7 nitrogen and oxygen atoms in total. The molecule has 40 heavy (non-hydrogen) atoms. The minimum atomic E-state index is -0.423. The van der Waals surface area contributed by atoms with Gasteiger partial charge in [0.1, 0.15) is 6.61 Å². The number of non-ortho nitro benzene ring substituents is 1. The molecule has 2 rings (SSSR count). The molecule has 0 N–H and O–H groups in total. The van der Waals surface area contributed by atoms with Crippen molar-refractivity contribution in [3.05, 3.63) is 62.0 Å². The zero-order chi connectivity index (χ0) is 29.3. The van der Waals surface area contributed by atoms with Gasteiger partial charge in [-0.05, 0) is 58.6 Å². The number of pyridine rings is 1. The third kappa shape index (κ3) is 10.8. The first-order chi connectivity index (χ1) is 19.3. The summed E-state index contributed by atoms with van der Waals surface area (Å²) in [6.07, 6.45) is 16.8. The lowest BCUT2D eigenvalue weighted by molar-refractivity contribution is -0.384. The Balaban J connectivity index is 2.42. The molecule has 1 heterocycles. The summed E-state index contributed by atoms with van der Waals surface area (Å²) in [6.45, 7) is 11.8. The van der Waals surface area contributed by atoms with Crippen molar-refractivity contribution < 1.29 is 14.4 Å². The number of nitrogens with zero attached hydrogens (tertiary/aromatic N) is 2. The second-order valence-corrected chi connectivity index (χ2v) is 10.9. The van der Waals surface area contributed by atoms with Crippen LogP contribution in [0.25, 0.3) is 10.9 Å². The van der Waals surface area contributed by atoms with E-state index in [0.717, 1.165) is 57.8 Å². The number of aromatic nitrogens is 1. The van der Waals surface area contributed by atoms with Crippen LogP contribution in [0.1, 0.15) is 112 Å². The van der Waals surface area contributed by atoms with Crippen LogP contribution in [0.5, 0.6) is 11.5 Å². The van der Waals surface area contributed by atoms with E-state index in [9.17, 15) is 14.9 Å². The molecule has 0 spiro atoms. The number of nitro benzene ring substituents is 1. The molecule has 0 saturated carbocycles. The molecule has 222 valence electrons. The van der Waals surface area contributed by atoms with Crippen LogP contribution in [-0.4, -0.2) is 22.7 Å². The monoisotopic (exact) mass is 554 g/mol. The van der Waals surface area contributed by atoms with E-state index >= 15 is 0 Å². The molecule has 2 aromatic rings. The van der Waals surface area contributed by atoms with Crippen LogP contribution in [0.15, 0.2) is 46.3 Å². The molecule has 1 aromatic heterocycles. The smallest absolute Gasteiger partial charge is 0.297 e. The van der Waals surface area contributed by atoms with E-state index in [4.69, 9.17) is 9.47 Å². The van der Waals surface area contributed by atoms with Gasteiger partial charge in [-0.1, -0.05) is 82.4 Å². The first-order valence-electron chi connectivity index (χ1n) is 15.2.